The molecule has 0 radical (unpaired) electrons. The standard InChI is InChI=1S/C13H14N4OS2/c1-3-14-11-9-5-4-8(6-10(9)16-12(11)18)19-13-15-7(2)17-20-13/h4-6,11,14H,3H2,1-2H3,(H,16,18). The molecule has 1 aromatic carbocycles. The molecule has 0 bridgehead atoms. The van der Waals surface area contributed by atoms with E-state index in [1.807, 2.05) is 32.0 Å². The minimum absolute atomic E-state index is 0.00996. The van der Waals surface area contributed by atoms with Gasteiger partial charge >= 0.3 is 0 Å². The fraction of sp³-hybridized carbons (Fsp3) is 0.308. The van der Waals surface area contributed by atoms with E-state index in [-0.39, 0.29) is 11.9 Å². The second-order valence-electron chi connectivity index (χ2n) is 4.44. The van der Waals surface area contributed by atoms with E-state index in [2.05, 4.69) is 20.0 Å². The van der Waals surface area contributed by atoms with E-state index in [1.165, 1.54) is 11.5 Å². The molecule has 0 saturated carbocycles. The number of carbonyl (C=O) groups is 1. The summed E-state index contributed by atoms with van der Waals surface area (Å²) in [5.41, 5.74) is 1.89. The maximum atomic E-state index is 11.9. The van der Waals surface area contributed by atoms with Gasteiger partial charge in [0.15, 0.2) is 4.34 Å². The summed E-state index contributed by atoms with van der Waals surface area (Å²) in [7, 11) is 0. The van der Waals surface area contributed by atoms with Gasteiger partial charge in [0.05, 0.1) is 0 Å². The number of fused-ring (bicyclic) bond motifs is 1. The summed E-state index contributed by atoms with van der Waals surface area (Å²) in [5, 5.41) is 6.10. The highest BCUT2D eigenvalue weighted by Gasteiger charge is 2.29. The predicted octanol–water partition coefficient (Wildman–Crippen LogP) is 2.60. The van der Waals surface area contributed by atoms with Crippen LogP contribution in [0.15, 0.2) is 27.4 Å². The van der Waals surface area contributed by atoms with Gasteiger partial charge in [-0.1, -0.05) is 24.8 Å². The van der Waals surface area contributed by atoms with Crippen molar-refractivity contribution < 1.29 is 4.79 Å². The van der Waals surface area contributed by atoms with Crippen molar-refractivity contribution in [3.05, 3.63) is 29.6 Å². The highest BCUT2D eigenvalue weighted by atomic mass is 32.2. The van der Waals surface area contributed by atoms with E-state index in [9.17, 15) is 4.79 Å². The summed E-state index contributed by atoms with van der Waals surface area (Å²) in [4.78, 5) is 17.3. The molecule has 1 atom stereocenters. The number of aryl methyl sites for hydroxylation is 1. The van der Waals surface area contributed by atoms with E-state index in [0.29, 0.717) is 0 Å². The smallest absolute Gasteiger partial charge is 0.246 e. The van der Waals surface area contributed by atoms with E-state index >= 15 is 0 Å². The SMILES string of the molecule is CCNC1C(=O)Nc2cc(Sc3nc(C)ns3)ccc21. The Labute approximate surface area is 125 Å². The molecular weight excluding hydrogens is 292 g/mol. The Morgan fingerprint density at radius 2 is 2.35 bits per heavy atom. The molecule has 104 valence electrons. The second kappa shape index (κ2) is 5.51. The van der Waals surface area contributed by atoms with Gasteiger partial charge < -0.3 is 10.6 Å². The molecule has 1 aliphatic heterocycles. The second-order valence-corrected chi connectivity index (χ2v) is 6.51. The Morgan fingerprint density at radius 1 is 1.50 bits per heavy atom. The molecule has 5 nitrogen and oxygen atoms in total. The van der Waals surface area contributed by atoms with Crippen LogP contribution in [0, 0.1) is 6.92 Å². The van der Waals surface area contributed by atoms with Crippen molar-refractivity contribution in [3.63, 3.8) is 0 Å². The molecule has 0 fully saturated rings. The predicted molar refractivity (Wildman–Crippen MR) is 80.3 cm³/mol. The van der Waals surface area contributed by atoms with Crippen LogP contribution in [-0.4, -0.2) is 21.8 Å². The van der Waals surface area contributed by atoms with Crippen molar-refractivity contribution in [2.45, 2.75) is 29.1 Å². The van der Waals surface area contributed by atoms with E-state index in [4.69, 9.17) is 0 Å². The minimum Gasteiger partial charge on any atom is -0.324 e. The fourth-order valence-electron chi connectivity index (χ4n) is 2.13. The van der Waals surface area contributed by atoms with Crippen molar-refractivity contribution in [2.24, 2.45) is 0 Å². The van der Waals surface area contributed by atoms with Crippen LogP contribution in [0.1, 0.15) is 24.4 Å². The van der Waals surface area contributed by atoms with Gasteiger partial charge in [0.25, 0.3) is 0 Å². The number of amides is 1. The van der Waals surface area contributed by atoms with Crippen LogP contribution in [0.5, 0.6) is 0 Å². The van der Waals surface area contributed by atoms with Gasteiger partial charge in [0.1, 0.15) is 11.9 Å². The molecule has 0 aliphatic carbocycles. The highest BCUT2D eigenvalue weighted by molar-refractivity contribution is 8.01. The number of hydrogen-bond acceptors (Lipinski definition) is 6. The molecule has 2 aromatic rings. The summed E-state index contributed by atoms with van der Waals surface area (Å²) >= 11 is 2.95. The average molecular weight is 306 g/mol. The minimum atomic E-state index is -0.238. The zero-order valence-electron chi connectivity index (χ0n) is 11.1. The Balaban J connectivity index is 1.84. The molecule has 2 N–H and O–H groups in total. The molecule has 20 heavy (non-hydrogen) atoms. The zero-order chi connectivity index (χ0) is 14.1. The van der Waals surface area contributed by atoms with Crippen molar-refractivity contribution in [1.29, 1.82) is 0 Å². The summed E-state index contributed by atoms with van der Waals surface area (Å²) in [6.07, 6.45) is 0. The normalized spacial score (nSPS) is 17.1. The Hall–Kier alpha value is -1.44. The number of nitrogens with zero attached hydrogens (tertiary/aromatic N) is 2. The summed E-state index contributed by atoms with van der Waals surface area (Å²) in [5.74, 6) is 0.801. The Bertz CT molecular complexity index is 656. The monoisotopic (exact) mass is 306 g/mol. The molecule has 1 amide bonds. The summed E-state index contributed by atoms with van der Waals surface area (Å²) < 4.78 is 5.08. The van der Waals surface area contributed by atoms with Crippen molar-refractivity contribution in [3.8, 4) is 0 Å². The molecule has 1 aliphatic rings. The van der Waals surface area contributed by atoms with Crippen LogP contribution in [0.4, 0.5) is 5.69 Å². The number of hydrogen-bond donors (Lipinski definition) is 2. The number of rotatable bonds is 4. The number of carbonyl (C=O) groups excluding carboxylic acids is 1. The topological polar surface area (TPSA) is 66.9 Å². The third-order valence-electron chi connectivity index (χ3n) is 2.98. The lowest BCUT2D eigenvalue weighted by Crippen LogP contribution is -2.27. The third kappa shape index (κ3) is 2.56. The van der Waals surface area contributed by atoms with Gasteiger partial charge in [-0.25, -0.2) is 4.98 Å². The lowest BCUT2D eigenvalue weighted by Gasteiger charge is -2.09. The number of anilines is 1. The van der Waals surface area contributed by atoms with Gasteiger partial charge in [-0.05, 0) is 37.1 Å². The number of benzene rings is 1. The molecule has 0 spiro atoms. The first-order chi connectivity index (χ1) is 9.67. The van der Waals surface area contributed by atoms with Gasteiger partial charge in [-0.15, -0.1) is 0 Å². The lowest BCUT2D eigenvalue weighted by atomic mass is 10.1. The average Bonchev–Trinajstić information content (AvgIpc) is 2.94. The van der Waals surface area contributed by atoms with Crippen molar-refractivity contribution >= 4 is 34.9 Å². The number of nitrogens with one attached hydrogen (secondary N) is 2. The van der Waals surface area contributed by atoms with Gasteiger partial charge in [0.2, 0.25) is 5.91 Å². The zero-order valence-corrected chi connectivity index (χ0v) is 12.8. The van der Waals surface area contributed by atoms with Crippen molar-refractivity contribution in [2.75, 3.05) is 11.9 Å². The van der Waals surface area contributed by atoms with Gasteiger partial charge in [-0.2, -0.15) is 4.37 Å². The van der Waals surface area contributed by atoms with Crippen LogP contribution in [0.3, 0.4) is 0 Å². The third-order valence-corrected chi connectivity index (χ3v) is 4.81. The largest absolute Gasteiger partial charge is 0.324 e. The van der Waals surface area contributed by atoms with Crippen LogP contribution in [0.25, 0.3) is 0 Å². The molecule has 7 heteroatoms. The first-order valence-corrected chi connectivity index (χ1v) is 7.92. The molecule has 1 aromatic heterocycles. The highest BCUT2D eigenvalue weighted by Crippen LogP contribution is 2.36. The Kier molecular flexibility index (Phi) is 3.73. The van der Waals surface area contributed by atoms with Crippen LogP contribution < -0.4 is 10.6 Å². The van der Waals surface area contributed by atoms with Gasteiger partial charge in [-0.3, -0.25) is 4.79 Å². The van der Waals surface area contributed by atoms with Gasteiger partial charge in [0, 0.05) is 16.1 Å². The molecule has 1 unspecified atom stereocenters. The number of aromatic nitrogens is 2. The molecular formula is C13H14N4OS2. The lowest BCUT2D eigenvalue weighted by molar-refractivity contribution is -0.117. The summed E-state index contributed by atoms with van der Waals surface area (Å²) in [6, 6.07) is 5.77. The van der Waals surface area contributed by atoms with E-state index in [1.54, 1.807) is 11.8 Å². The number of likely N-dealkylation sites (N-methyl/N-ethyl adjacent to an activating group) is 1. The summed E-state index contributed by atoms with van der Waals surface area (Å²) in [6.45, 7) is 4.63. The first kappa shape index (κ1) is 13.5. The molecule has 3 rings (SSSR count). The van der Waals surface area contributed by atoms with E-state index < -0.39 is 0 Å². The maximum absolute atomic E-state index is 11.9. The first-order valence-electron chi connectivity index (χ1n) is 6.33. The van der Waals surface area contributed by atoms with Crippen LogP contribution in [-0.2, 0) is 4.79 Å². The van der Waals surface area contributed by atoms with Crippen molar-refractivity contribution in [1.82, 2.24) is 14.7 Å². The van der Waals surface area contributed by atoms with Crippen LogP contribution >= 0.6 is 23.3 Å². The van der Waals surface area contributed by atoms with E-state index in [0.717, 1.165) is 32.9 Å². The molecule has 0 saturated heterocycles. The quantitative estimate of drug-likeness (QED) is 0.909. The molecule has 2 heterocycles. The maximum Gasteiger partial charge on any atom is 0.246 e. The Morgan fingerprint density at radius 3 is 3.05 bits per heavy atom. The van der Waals surface area contributed by atoms with Crippen LogP contribution in [0.2, 0.25) is 0 Å². The fourth-order valence-corrected chi connectivity index (χ4v) is 3.80.